The molecule has 1 amide bonds. The summed E-state index contributed by atoms with van der Waals surface area (Å²) in [6, 6.07) is 26.1. The van der Waals surface area contributed by atoms with E-state index in [0.717, 1.165) is 50.1 Å². The highest BCUT2D eigenvalue weighted by Gasteiger charge is 2.44. The molecular weight excluding hydrogens is 474 g/mol. The van der Waals surface area contributed by atoms with Crippen molar-refractivity contribution >= 4 is 5.91 Å². The Hall–Kier alpha value is -3.51. The van der Waals surface area contributed by atoms with Crippen molar-refractivity contribution in [3.8, 4) is 16.9 Å². The quantitative estimate of drug-likeness (QED) is 0.187. The van der Waals surface area contributed by atoms with Gasteiger partial charge in [-0.3, -0.25) is 4.79 Å². The zero-order valence-electron chi connectivity index (χ0n) is 22.2. The van der Waals surface area contributed by atoms with E-state index in [1.807, 2.05) is 24.3 Å². The number of hydrogen-bond donors (Lipinski definition) is 1. The van der Waals surface area contributed by atoms with Crippen molar-refractivity contribution in [3.05, 3.63) is 94.4 Å². The number of nitroso groups, excluding NO2 is 1. The molecule has 3 aromatic rings. The summed E-state index contributed by atoms with van der Waals surface area (Å²) < 4.78 is 6.02. The number of aryl methyl sites for hydroxylation is 2. The van der Waals surface area contributed by atoms with Crippen LogP contribution in [-0.4, -0.2) is 36.5 Å². The minimum Gasteiger partial charge on any atom is -0.494 e. The van der Waals surface area contributed by atoms with E-state index in [4.69, 9.17) is 4.74 Å². The number of rotatable bonds is 11. The van der Waals surface area contributed by atoms with Crippen LogP contribution < -0.4 is 10.2 Å². The second kappa shape index (κ2) is 11.9. The molecule has 0 atom stereocenters. The lowest BCUT2D eigenvalue weighted by molar-refractivity contribution is -0.134. The highest BCUT2D eigenvalue weighted by molar-refractivity contribution is 5.82. The fourth-order valence-corrected chi connectivity index (χ4v) is 5.61. The van der Waals surface area contributed by atoms with Crippen LogP contribution in [-0.2, 0) is 17.6 Å². The molecule has 1 aliphatic heterocycles. The summed E-state index contributed by atoms with van der Waals surface area (Å²) in [5.41, 5.74) is 7.74. The van der Waals surface area contributed by atoms with E-state index in [0.29, 0.717) is 19.1 Å². The molecule has 0 spiro atoms. The van der Waals surface area contributed by atoms with E-state index in [1.54, 1.807) is 0 Å². The van der Waals surface area contributed by atoms with Crippen molar-refractivity contribution in [3.63, 3.8) is 0 Å². The fourth-order valence-electron chi connectivity index (χ4n) is 5.61. The predicted octanol–water partition coefficient (Wildman–Crippen LogP) is 6.26. The Labute approximate surface area is 225 Å². The first-order valence-electron chi connectivity index (χ1n) is 13.8. The fraction of sp³-hybridized carbons (Fsp3) is 0.406. The Morgan fingerprint density at radius 2 is 1.71 bits per heavy atom. The van der Waals surface area contributed by atoms with Gasteiger partial charge in [-0.05, 0) is 99.3 Å². The summed E-state index contributed by atoms with van der Waals surface area (Å²) in [6.07, 6.45) is 6.50. The van der Waals surface area contributed by atoms with Gasteiger partial charge in [0.15, 0.2) is 0 Å². The van der Waals surface area contributed by atoms with Crippen molar-refractivity contribution in [2.75, 3.05) is 19.7 Å². The van der Waals surface area contributed by atoms with Gasteiger partial charge in [-0.1, -0.05) is 66.2 Å². The summed E-state index contributed by atoms with van der Waals surface area (Å²) in [6.45, 7) is 4.54. The van der Waals surface area contributed by atoms with E-state index < -0.39 is 5.41 Å². The number of benzene rings is 3. The van der Waals surface area contributed by atoms with Crippen LogP contribution in [0.15, 0.2) is 78.1 Å². The van der Waals surface area contributed by atoms with Crippen molar-refractivity contribution < 1.29 is 9.53 Å². The van der Waals surface area contributed by atoms with Gasteiger partial charge < -0.3 is 9.64 Å². The molecule has 1 N–H and O–H groups in total. The molecule has 1 aliphatic carbocycles. The van der Waals surface area contributed by atoms with Crippen LogP contribution in [0.4, 0.5) is 0 Å². The lowest BCUT2D eigenvalue weighted by atomic mass is 9.73. The van der Waals surface area contributed by atoms with Crippen LogP contribution in [0.5, 0.6) is 5.75 Å². The SMILES string of the molecule is Cc1ccc(-c2cccc(CCCOc3ccc(CC4(C(=O)NN=O)CCN(C5CC5)CC4)cc3)c2)cc1. The molecule has 198 valence electrons. The zero-order valence-corrected chi connectivity index (χ0v) is 22.2. The second-order valence-corrected chi connectivity index (χ2v) is 10.9. The number of amides is 1. The van der Waals surface area contributed by atoms with E-state index in [1.165, 1.54) is 35.1 Å². The molecule has 0 unspecified atom stereocenters. The average molecular weight is 512 g/mol. The molecular formula is C32H37N3O3. The third-order valence-corrected chi connectivity index (χ3v) is 8.10. The summed E-state index contributed by atoms with van der Waals surface area (Å²) in [4.78, 5) is 26.1. The zero-order chi connectivity index (χ0) is 26.4. The van der Waals surface area contributed by atoms with E-state index in [9.17, 15) is 9.70 Å². The molecule has 2 aliphatic rings. The molecule has 0 radical (unpaired) electrons. The number of piperidine rings is 1. The third-order valence-electron chi connectivity index (χ3n) is 8.10. The minimum atomic E-state index is -0.589. The monoisotopic (exact) mass is 511 g/mol. The summed E-state index contributed by atoms with van der Waals surface area (Å²) >= 11 is 0. The molecule has 38 heavy (non-hydrogen) atoms. The number of likely N-dealkylation sites (tertiary alicyclic amines) is 1. The Balaban J connectivity index is 1.12. The van der Waals surface area contributed by atoms with E-state index in [-0.39, 0.29) is 5.91 Å². The van der Waals surface area contributed by atoms with Crippen LogP contribution in [0.3, 0.4) is 0 Å². The van der Waals surface area contributed by atoms with E-state index >= 15 is 0 Å². The lowest BCUT2D eigenvalue weighted by Gasteiger charge is -2.40. The van der Waals surface area contributed by atoms with Gasteiger partial charge >= 0.3 is 0 Å². The number of nitrogens with zero attached hydrogens (tertiary/aromatic N) is 2. The Morgan fingerprint density at radius 1 is 0.974 bits per heavy atom. The topological polar surface area (TPSA) is 71.0 Å². The first-order valence-corrected chi connectivity index (χ1v) is 13.8. The largest absolute Gasteiger partial charge is 0.494 e. The minimum absolute atomic E-state index is 0.255. The lowest BCUT2D eigenvalue weighted by Crippen LogP contribution is -2.49. The summed E-state index contributed by atoms with van der Waals surface area (Å²) in [7, 11) is 0. The molecule has 1 saturated carbocycles. The van der Waals surface area contributed by atoms with Crippen molar-refractivity contribution in [1.29, 1.82) is 0 Å². The Kier molecular flexibility index (Phi) is 8.18. The van der Waals surface area contributed by atoms with Crippen LogP contribution in [0, 0.1) is 17.2 Å². The number of hydrogen-bond acceptors (Lipinski definition) is 5. The van der Waals surface area contributed by atoms with Gasteiger partial charge in [0.1, 0.15) is 5.75 Å². The molecule has 1 saturated heterocycles. The highest BCUT2D eigenvalue weighted by atomic mass is 16.5. The number of carbonyl (C=O) groups excluding carboxylic acids is 1. The number of ether oxygens (including phenoxy) is 1. The van der Waals surface area contributed by atoms with Crippen molar-refractivity contribution in [1.82, 2.24) is 10.3 Å². The van der Waals surface area contributed by atoms with Crippen molar-refractivity contribution in [2.24, 2.45) is 10.7 Å². The molecule has 0 bridgehead atoms. The first-order chi connectivity index (χ1) is 18.5. The van der Waals surface area contributed by atoms with E-state index in [2.05, 4.69) is 71.1 Å². The van der Waals surface area contributed by atoms with Crippen LogP contribution >= 0.6 is 0 Å². The standard InChI is InChI=1S/C32H37N3O3/c1-24-7-11-27(12-8-24)28-6-2-4-25(22-28)5-3-21-38-30-15-9-26(10-16-30)23-32(31(36)33-34-37)17-19-35(20-18-32)29-13-14-29/h2,4,6-12,15-16,22,29H,3,5,13-14,17-21,23H2,1H3,(H,33,36,37). The average Bonchev–Trinajstić information content (AvgIpc) is 3.79. The second-order valence-electron chi connectivity index (χ2n) is 10.9. The third kappa shape index (κ3) is 6.48. The van der Waals surface area contributed by atoms with Gasteiger partial charge in [0, 0.05) is 6.04 Å². The van der Waals surface area contributed by atoms with Gasteiger partial charge in [-0.15, -0.1) is 4.91 Å². The Bertz CT molecular complexity index is 1230. The molecule has 6 nitrogen and oxygen atoms in total. The molecule has 5 rings (SSSR count). The van der Waals surface area contributed by atoms with Gasteiger partial charge in [-0.25, -0.2) is 5.43 Å². The van der Waals surface area contributed by atoms with Crippen LogP contribution in [0.1, 0.15) is 48.8 Å². The summed E-state index contributed by atoms with van der Waals surface area (Å²) in [5.74, 6) is 0.577. The predicted molar refractivity (Wildman–Crippen MR) is 151 cm³/mol. The molecule has 6 heteroatoms. The summed E-state index contributed by atoms with van der Waals surface area (Å²) in [5, 5.41) is 2.68. The van der Waals surface area contributed by atoms with Gasteiger partial charge in [0.2, 0.25) is 5.91 Å². The molecule has 1 heterocycles. The van der Waals surface area contributed by atoms with Crippen LogP contribution in [0.2, 0.25) is 0 Å². The Morgan fingerprint density at radius 3 is 2.39 bits per heavy atom. The molecule has 3 aromatic carbocycles. The smallest absolute Gasteiger partial charge is 0.249 e. The maximum Gasteiger partial charge on any atom is 0.249 e. The van der Waals surface area contributed by atoms with Gasteiger partial charge in [-0.2, -0.15) is 0 Å². The molecule has 0 aromatic heterocycles. The normalized spacial score (nSPS) is 17.1. The van der Waals surface area contributed by atoms with Crippen molar-refractivity contribution in [2.45, 2.75) is 57.9 Å². The van der Waals surface area contributed by atoms with Gasteiger partial charge in [0.05, 0.1) is 17.3 Å². The molecule has 2 fully saturated rings. The highest BCUT2D eigenvalue weighted by Crippen LogP contribution is 2.39. The maximum absolute atomic E-state index is 12.8. The van der Waals surface area contributed by atoms with Gasteiger partial charge in [0.25, 0.3) is 0 Å². The van der Waals surface area contributed by atoms with Crippen LogP contribution in [0.25, 0.3) is 11.1 Å². The number of nitrogens with one attached hydrogen (secondary N) is 1. The first kappa shape index (κ1) is 26.1. The number of carbonyl (C=O) groups is 1. The maximum atomic E-state index is 12.8.